The molecule has 10 heteroatoms. The summed E-state index contributed by atoms with van der Waals surface area (Å²) in [5.74, 6) is 5.46. The minimum atomic E-state index is -0.348. The fourth-order valence-corrected chi connectivity index (χ4v) is 13.1. The maximum atomic E-state index is 13.4. The van der Waals surface area contributed by atoms with E-state index in [4.69, 9.17) is 18.9 Å². The number of phenols is 2. The van der Waals surface area contributed by atoms with Gasteiger partial charge in [-0.2, -0.15) is 23.5 Å². The molecule has 87 heavy (non-hydrogen) atoms. The summed E-state index contributed by atoms with van der Waals surface area (Å²) in [5, 5.41) is 22.4. The van der Waals surface area contributed by atoms with Crippen LogP contribution in [0.25, 0.3) is 0 Å². The van der Waals surface area contributed by atoms with Crippen LogP contribution < -0.4 is 9.47 Å². The number of thioether (sulfide) groups is 2. The van der Waals surface area contributed by atoms with Crippen molar-refractivity contribution in [1.82, 2.24) is 0 Å². The highest BCUT2D eigenvalue weighted by molar-refractivity contribution is 7.99. The standard InChI is InChI=1S/C77H120O8S2/c1-17-19-21-23-25-33-47-86-55-63(84-69(78)37-31-27-29-35-57-49-65(73(3,4)5)71(80)66(50-57)74(6,7)8)53-82-61-43-39-59(40-44-61)77(15,16)60-41-45-62(46-42-60)83-54-64(56-87-48-34-26-24-22-20-18-2)85-70(79)38-32-28-30-36-58-51-67(75(9,10)11)72(81)68(52-58)76(12,13)14/h39-46,49-52,63-64,80-81H,17-38,47-48,53-56H2,1-16H3. The molecule has 0 bridgehead atoms. The molecule has 0 aliphatic heterocycles. The first-order valence-electron chi connectivity index (χ1n) is 33.8. The second-order valence-corrected chi connectivity index (χ2v) is 31.7. The molecule has 0 heterocycles. The quantitative estimate of drug-likeness (QED) is 0.0330. The second kappa shape index (κ2) is 37.1. The molecule has 0 aliphatic rings. The van der Waals surface area contributed by atoms with Gasteiger partial charge in [-0.3, -0.25) is 9.59 Å². The first-order chi connectivity index (χ1) is 41.0. The Morgan fingerprint density at radius 1 is 0.414 bits per heavy atom. The highest BCUT2D eigenvalue weighted by Gasteiger charge is 2.29. The number of phenolic OH excluding ortho intramolecular Hbond substituents is 2. The molecule has 2 unspecified atom stereocenters. The maximum absolute atomic E-state index is 13.4. The van der Waals surface area contributed by atoms with E-state index in [2.05, 4.69) is 159 Å². The van der Waals surface area contributed by atoms with Gasteiger partial charge in [0.25, 0.3) is 0 Å². The van der Waals surface area contributed by atoms with Gasteiger partial charge in [-0.05, 0) is 153 Å². The third-order valence-electron chi connectivity index (χ3n) is 16.8. The van der Waals surface area contributed by atoms with Crippen LogP contribution in [0.15, 0.2) is 72.8 Å². The molecule has 2 N–H and O–H groups in total. The summed E-state index contributed by atoms with van der Waals surface area (Å²) in [7, 11) is 0. The summed E-state index contributed by atoms with van der Waals surface area (Å²) >= 11 is 3.70. The second-order valence-electron chi connectivity index (χ2n) is 29.4. The largest absolute Gasteiger partial charge is 0.507 e. The highest BCUT2D eigenvalue weighted by atomic mass is 32.2. The molecule has 0 fully saturated rings. The van der Waals surface area contributed by atoms with Gasteiger partial charge in [-0.1, -0.05) is 236 Å². The lowest BCUT2D eigenvalue weighted by Crippen LogP contribution is -2.28. The molecule has 2 atom stereocenters. The molecule has 4 aromatic rings. The third kappa shape index (κ3) is 27.4. The topological polar surface area (TPSA) is 112 Å². The van der Waals surface area contributed by atoms with Crippen molar-refractivity contribution in [2.45, 2.75) is 291 Å². The molecule has 0 spiro atoms. The van der Waals surface area contributed by atoms with E-state index < -0.39 is 0 Å². The molecule has 8 nitrogen and oxygen atoms in total. The monoisotopic (exact) mass is 1240 g/mol. The van der Waals surface area contributed by atoms with E-state index in [0.717, 1.165) is 108 Å². The van der Waals surface area contributed by atoms with Crippen molar-refractivity contribution < 1.29 is 38.7 Å². The number of hydrogen-bond acceptors (Lipinski definition) is 10. The van der Waals surface area contributed by atoms with Gasteiger partial charge in [-0.25, -0.2) is 0 Å². The van der Waals surface area contributed by atoms with Crippen molar-refractivity contribution in [2.75, 3.05) is 36.2 Å². The number of benzene rings is 4. The predicted molar refractivity (Wildman–Crippen MR) is 373 cm³/mol. The summed E-state index contributed by atoms with van der Waals surface area (Å²) < 4.78 is 25.1. The molecule has 0 radical (unpaired) electrons. The Hall–Kier alpha value is -4.28. The van der Waals surface area contributed by atoms with Gasteiger partial charge in [0.15, 0.2) is 0 Å². The number of ether oxygens (including phenoxy) is 4. The molecule has 4 aromatic carbocycles. The summed E-state index contributed by atoms with van der Waals surface area (Å²) in [4.78, 5) is 26.8. The van der Waals surface area contributed by atoms with Crippen LogP contribution in [0.3, 0.4) is 0 Å². The first kappa shape index (κ1) is 75.2. The minimum absolute atomic E-state index is 0.167. The van der Waals surface area contributed by atoms with Crippen molar-refractivity contribution in [1.29, 1.82) is 0 Å². The van der Waals surface area contributed by atoms with E-state index in [1.54, 1.807) is 0 Å². The number of hydrogen-bond donors (Lipinski definition) is 2. The normalized spacial score (nSPS) is 13.1. The van der Waals surface area contributed by atoms with Gasteiger partial charge in [0.1, 0.15) is 48.4 Å². The summed E-state index contributed by atoms with van der Waals surface area (Å²) in [5.41, 5.74) is 7.74. The maximum Gasteiger partial charge on any atom is 0.306 e. The Morgan fingerprint density at radius 2 is 0.713 bits per heavy atom. The third-order valence-corrected chi connectivity index (χ3v) is 19.1. The Kier molecular flexibility index (Phi) is 32.1. The van der Waals surface area contributed by atoms with E-state index in [0.29, 0.717) is 49.1 Å². The average Bonchev–Trinajstić information content (AvgIpc) is 1.22. The lowest BCUT2D eigenvalue weighted by Gasteiger charge is -2.28. The van der Waals surface area contributed by atoms with E-state index in [-0.39, 0.29) is 51.2 Å². The van der Waals surface area contributed by atoms with Gasteiger partial charge < -0.3 is 29.2 Å². The van der Waals surface area contributed by atoms with Crippen LogP contribution in [0.4, 0.5) is 0 Å². The Labute approximate surface area is 539 Å². The number of esters is 2. The molecule has 0 amide bonds. The van der Waals surface area contributed by atoms with Crippen LogP contribution in [-0.2, 0) is 59.0 Å². The number of carbonyl (C=O) groups is 2. The van der Waals surface area contributed by atoms with Crippen LogP contribution in [0.5, 0.6) is 23.0 Å². The molecule has 4 rings (SSSR count). The van der Waals surface area contributed by atoms with Crippen LogP contribution in [-0.4, -0.2) is 70.6 Å². The number of aryl methyl sites for hydroxylation is 2. The Balaban J connectivity index is 1.32. The van der Waals surface area contributed by atoms with Crippen molar-refractivity contribution in [3.8, 4) is 23.0 Å². The predicted octanol–water partition coefficient (Wildman–Crippen LogP) is 21.0. The van der Waals surface area contributed by atoms with Gasteiger partial charge in [0.05, 0.1) is 0 Å². The van der Waals surface area contributed by atoms with Gasteiger partial charge in [-0.15, -0.1) is 0 Å². The van der Waals surface area contributed by atoms with E-state index in [1.165, 1.54) is 88.2 Å². The van der Waals surface area contributed by atoms with Crippen molar-refractivity contribution >= 4 is 35.5 Å². The van der Waals surface area contributed by atoms with Crippen molar-refractivity contribution in [2.24, 2.45) is 0 Å². The first-order valence-corrected chi connectivity index (χ1v) is 36.1. The number of rotatable bonds is 40. The van der Waals surface area contributed by atoms with Crippen LogP contribution in [0, 0.1) is 0 Å². The Bertz CT molecular complexity index is 2360. The zero-order valence-electron chi connectivity index (χ0n) is 57.5. The molecule has 0 aromatic heterocycles. The molecule has 0 saturated heterocycles. The van der Waals surface area contributed by atoms with E-state index in [1.807, 2.05) is 47.8 Å². The molecular formula is C77H120O8S2. The van der Waals surface area contributed by atoms with Crippen LogP contribution in [0.1, 0.15) is 284 Å². The van der Waals surface area contributed by atoms with Crippen LogP contribution in [0.2, 0.25) is 0 Å². The van der Waals surface area contributed by atoms with Gasteiger partial charge >= 0.3 is 11.9 Å². The molecule has 0 aliphatic carbocycles. The summed E-state index contributed by atoms with van der Waals surface area (Å²) in [6, 6.07) is 25.3. The van der Waals surface area contributed by atoms with Crippen molar-refractivity contribution in [3.63, 3.8) is 0 Å². The zero-order chi connectivity index (χ0) is 64.3. The van der Waals surface area contributed by atoms with Crippen molar-refractivity contribution in [3.05, 3.63) is 117 Å². The SMILES string of the molecule is CCCCCCCCSCC(COc1ccc(C(C)(C)c2ccc(OCC(CSCCCCCCCC)OC(=O)CCCCCc3cc(C(C)(C)C)c(O)c(C(C)(C)C)c3)cc2)cc1)OC(=O)CCCCCc1cc(C(C)(C)C)c(O)c(C(C)(C)C)c1. The summed E-state index contributed by atoms with van der Waals surface area (Å²) in [6.07, 6.45) is 22.2. The lowest BCUT2D eigenvalue weighted by molar-refractivity contribution is -0.150. The van der Waals surface area contributed by atoms with E-state index in [9.17, 15) is 19.8 Å². The van der Waals surface area contributed by atoms with E-state index >= 15 is 0 Å². The van der Waals surface area contributed by atoms with Gasteiger partial charge in [0, 0.05) is 29.8 Å². The zero-order valence-corrected chi connectivity index (χ0v) is 59.2. The van der Waals surface area contributed by atoms with Crippen LogP contribution >= 0.6 is 23.5 Å². The fourth-order valence-electron chi connectivity index (χ4n) is 11.1. The molecule has 488 valence electrons. The summed E-state index contributed by atoms with van der Waals surface area (Å²) in [6.45, 7) is 35.3. The average molecular weight is 1240 g/mol. The fraction of sp³-hybridized carbons (Fsp3) is 0.662. The Morgan fingerprint density at radius 3 is 1.02 bits per heavy atom. The smallest absolute Gasteiger partial charge is 0.306 e. The number of aromatic hydroxyl groups is 2. The van der Waals surface area contributed by atoms with Gasteiger partial charge in [0.2, 0.25) is 0 Å². The lowest BCUT2D eigenvalue weighted by atomic mass is 9.78. The molecule has 0 saturated carbocycles. The molecular weight excluding hydrogens is 1120 g/mol. The number of unbranched alkanes of at least 4 members (excludes halogenated alkanes) is 14. The minimum Gasteiger partial charge on any atom is -0.507 e. The number of carbonyl (C=O) groups excluding carboxylic acids is 2. The highest BCUT2D eigenvalue weighted by Crippen LogP contribution is 2.42.